The number of methoxy groups -OCH3 is 2. The van der Waals surface area contributed by atoms with Gasteiger partial charge >= 0.3 is 11.9 Å². The fraction of sp³-hybridized carbons (Fsp3) is 0.240. The fourth-order valence-electron chi connectivity index (χ4n) is 4.46. The number of ether oxygens (including phenoxy) is 2. The molecule has 3 aromatic rings. The topological polar surface area (TPSA) is 117 Å². The fourth-order valence-corrected chi connectivity index (χ4v) is 4.46. The van der Waals surface area contributed by atoms with Gasteiger partial charge in [0, 0.05) is 23.5 Å². The van der Waals surface area contributed by atoms with Crippen LogP contribution in [0.5, 0.6) is 0 Å². The molecule has 0 N–H and O–H groups in total. The van der Waals surface area contributed by atoms with E-state index in [1.54, 1.807) is 20.2 Å². The number of allylic oxidation sites excluding steroid dienone is 2. The van der Waals surface area contributed by atoms with Crippen molar-refractivity contribution in [3.05, 3.63) is 93.1 Å². The highest BCUT2D eigenvalue weighted by Crippen LogP contribution is 2.43. The summed E-state index contributed by atoms with van der Waals surface area (Å²) in [6, 6.07) is 13.4. The quantitative estimate of drug-likeness (QED) is 0.299. The molecule has 0 bridgehead atoms. The molecule has 2 heterocycles. The van der Waals surface area contributed by atoms with Gasteiger partial charge < -0.3 is 18.9 Å². The molecule has 0 spiro atoms. The van der Waals surface area contributed by atoms with Crippen molar-refractivity contribution in [3.63, 3.8) is 0 Å². The van der Waals surface area contributed by atoms with Crippen molar-refractivity contribution in [3.8, 4) is 0 Å². The molecule has 0 radical (unpaired) electrons. The third-order valence-corrected chi connectivity index (χ3v) is 6.24. The van der Waals surface area contributed by atoms with Crippen LogP contribution in [0, 0.1) is 10.1 Å². The van der Waals surface area contributed by atoms with Gasteiger partial charge in [-0.3, -0.25) is 10.1 Å². The number of carbonyl (C=O) groups is 2. The number of imidazole rings is 1. The summed E-state index contributed by atoms with van der Waals surface area (Å²) >= 11 is 0. The van der Waals surface area contributed by atoms with Crippen LogP contribution in [0.2, 0.25) is 0 Å². The summed E-state index contributed by atoms with van der Waals surface area (Å²) in [6.45, 7) is 3.84. The third-order valence-electron chi connectivity index (χ3n) is 6.24. The maximum Gasteiger partial charge on any atom is 0.336 e. The largest absolute Gasteiger partial charge is 0.466 e. The van der Waals surface area contributed by atoms with Crippen molar-refractivity contribution >= 4 is 28.7 Å². The normalized spacial score (nSPS) is 14.5. The molecule has 0 fully saturated rings. The number of aromatic nitrogens is 2. The van der Waals surface area contributed by atoms with Crippen LogP contribution < -0.4 is 0 Å². The van der Waals surface area contributed by atoms with E-state index in [0.29, 0.717) is 17.0 Å². The minimum Gasteiger partial charge on any atom is -0.466 e. The van der Waals surface area contributed by atoms with Gasteiger partial charge in [0.15, 0.2) is 0 Å². The van der Waals surface area contributed by atoms with E-state index < -0.39 is 22.8 Å². The molecule has 35 heavy (non-hydrogen) atoms. The summed E-state index contributed by atoms with van der Waals surface area (Å²) < 4.78 is 12.1. The third kappa shape index (κ3) is 4.14. The minimum atomic E-state index is -0.827. The molecule has 1 aliphatic rings. The van der Waals surface area contributed by atoms with Gasteiger partial charge in [-0.2, -0.15) is 0 Å². The second-order valence-corrected chi connectivity index (χ2v) is 8.04. The Labute approximate surface area is 201 Å². The van der Waals surface area contributed by atoms with Crippen molar-refractivity contribution in [2.75, 3.05) is 14.2 Å². The monoisotopic (exact) mass is 476 g/mol. The van der Waals surface area contributed by atoms with Crippen LogP contribution in [0.3, 0.4) is 0 Å². The van der Waals surface area contributed by atoms with Gasteiger partial charge in [0.25, 0.3) is 5.69 Å². The van der Waals surface area contributed by atoms with Gasteiger partial charge in [0.2, 0.25) is 0 Å². The van der Waals surface area contributed by atoms with Gasteiger partial charge in [-0.15, -0.1) is 0 Å². The number of fused-ring (bicyclic) bond motifs is 1. The molecule has 0 atom stereocenters. The highest BCUT2D eigenvalue weighted by Gasteiger charge is 2.40. The summed E-state index contributed by atoms with van der Waals surface area (Å²) in [5.74, 6) is -2.05. The second kappa shape index (κ2) is 9.41. The predicted octanol–water partition coefficient (Wildman–Crippen LogP) is 3.90. The number of benzene rings is 2. The Morgan fingerprint density at radius 1 is 0.971 bits per heavy atom. The van der Waals surface area contributed by atoms with Crippen LogP contribution in [0.1, 0.15) is 25.3 Å². The van der Waals surface area contributed by atoms with Crippen LogP contribution in [0.4, 0.5) is 5.69 Å². The van der Waals surface area contributed by atoms with Crippen molar-refractivity contribution in [1.29, 1.82) is 0 Å². The molecule has 0 saturated heterocycles. The van der Waals surface area contributed by atoms with Crippen molar-refractivity contribution in [1.82, 2.24) is 14.5 Å². The first-order chi connectivity index (χ1) is 16.8. The van der Waals surface area contributed by atoms with Gasteiger partial charge in [0.1, 0.15) is 6.67 Å². The van der Waals surface area contributed by atoms with Crippen molar-refractivity contribution in [2.24, 2.45) is 0 Å². The smallest absolute Gasteiger partial charge is 0.336 e. The summed E-state index contributed by atoms with van der Waals surface area (Å²) in [4.78, 5) is 43.0. The number of nitro groups is 1. The predicted molar refractivity (Wildman–Crippen MR) is 127 cm³/mol. The number of non-ortho nitro benzene ring substituents is 1. The van der Waals surface area contributed by atoms with E-state index in [9.17, 15) is 19.7 Å². The molecule has 0 saturated carbocycles. The number of nitrogens with zero attached hydrogens (tertiary/aromatic N) is 4. The molecule has 10 heteroatoms. The van der Waals surface area contributed by atoms with E-state index in [2.05, 4.69) is 4.98 Å². The first-order valence-corrected chi connectivity index (χ1v) is 10.8. The molecule has 1 aromatic heterocycles. The van der Waals surface area contributed by atoms with Crippen LogP contribution in [0.15, 0.2) is 77.4 Å². The first kappa shape index (κ1) is 23.7. The minimum absolute atomic E-state index is 0.0983. The van der Waals surface area contributed by atoms with E-state index in [4.69, 9.17) is 9.47 Å². The van der Waals surface area contributed by atoms with Gasteiger partial charge in [0.05, 0.1) is 53.6 Å². The summed E-state index contributed by atoms with van der Waals surface area (Å²) in [5, 5.41) is 11.1. The summed E-state index contributed by atoms with van der Waals surface area (Å²) in [5.41, 5.74) is 3.81. The number of esters is 2. The Bertz CT molecular complexity index is 1350. The van der Waals surface area contributed by atoms with Crippen molar-refractivity contribution < 1.29 is 24.0 Å². The molecular weight excluding hydrogens is 452 g/mol. The van der Waals surface area contributed by atoms with E-state index in [1.807, 2.05) is 33.7 Å². The van der Waals surface area contributed by atoms with Crippen molar-refractivity contribution in [2.45, 2.75) is 26.4 Å². The lowest BCUT2D eigenvalue weighted by molar-refractivity contribution is -0.384. The number of hydrogen-bond donors (Lipinski definition) is 0. The lowest BCUT2D eigenvalue weighted by atomic mass is 9.79. The maximum absolute atomic E-state index is 13.1. The molecule has 0 unspecified atom stereocenters. The van der Waals surface area contributed by atoms with Crippen LogP contribution >= 0.6 is 0 Å². The van der Waals surface area contributed by atoms with Gasteiger partial charge in [-0.25, -0.2) is 14.6 Å². The number of para-hydroxylation sites is 2. The molecule has 1 aliphatic heterocycles. The van der Waals surface area contributed by atoms with E-state index in [0.717, 1.165) is 11.0 Å². The Balaban J connectivity index is 1.89. The summed E-state index contributed by atoms with van der Waals surface area (Å²) in [6.07, 6.45) is 1.70. The Morgan fingerprint density at radius 3 is 2.09 bits per heavy atom. The SMILES string of the molecule is COC(=O)C1=C(C)N(Cn2cnc3ccccc32)C(C)=C(C(=O)OC)C1c1ccc([N+](=O)[O-])cc1. The zero-order valence-electron chi connectivity index (χ0n) is 19.7. The Hall–Kier alpha value is -4.47. The van der Waals surface area contributed by atoms with Crippen LogP contribution in [0.25, 0.3) is 11.0 Å². The van der Waals surface area contributed by atoms with Gasteiger partial charge in [-0.1, -0.05) is 24.3 Å². The van der Waals surface area contributed by atoms with E-state index >= 15 is 0 Å². The first-order valence-electron chi connectivity index (χ1n) is 10.8. The van der Waals surface area contributed by atoms with Gasteiger partial charge in [-0.05, 0) is 31.5 Å². The van der Waals surface area contributed by atoms with E-state index in [1.165, 1.54) is 38.5 Å². The highest BCUT2D eigenvalue weighted by molar-refractivity contribution is 5.99. The number of carbonyl (C=O) groups excluding carboxylic acids is 2. The lowest BCUT2D eigenvalue weighted by Gasteiger charge is -2.37. The molecule has 0 aliphatic carbocycles. The molecular formula is C25H24N4O6. The summed E-state index contributed by atoms with van der Waals surface area (Å²) in [7, 11) is 2.54. The molecule has 10 nitrogen and oxygen atoms in total. The number of nitro benzene ring substituents is 1. The van der Waals surface area contributed by atoms with Crippen LogP contribution in [-0.2, 0) is 25.7 Å². The average molecular weight is 476 g/mol. The highest BCUT2D eigenvalue weighted by atomic mass is 16.6. The number of hydrogen-bond acceptors (Lipinski definition) is 8. The molecule has 4 rings (SSSR count). The zero-order chi connectivity index (χ0) is 25.3. The average Bonchev–Trinajstić information content (AvgIpc) is 3.28. The number of rotatable bonds is 6. The molecule has 2 aromatic carbocycles. The van der Waals surface area contributed by atoms with E-state index in [-0.39, 0.29) is 23.5 Å². The lowest BCUT2D eigenvalue weighted by Crippen LogP contribution is -2.36. The molecule has 180 valence electrons. The Morgan fingerprint density at radius 2 is 1.54 bits per heavy atom. The second-order valence-electron chi connectivity index (χ2n) is 8.04. The zero-order valence-corrected chi connectivity index (χ0v) is 19.7. The standard InChI is InChI=1S/C25H24N4O6/c1-15-21(24(30)34-3)23(17-9-11-18(12-10-17)29(32)33)22(25(31)35-4)16(2)28(15)14-27-13-26-19-7-5-6-8-20(19)27/h5-13,23H,14H2,1-4H3. The van der Waals surface area contributed by atoms with Crippen LogP contribution in [-0.4, -0.2) is 45.5 Å². The molecule has 0 amide bonds. The maximum atomic E-state index is 13.1. The Kier molecular flexibility index (Phi) is 6.37.